The molecule has 0 bridgehead atoms. The third-order valence-corrected chi connectivity index (χ3v) is 13.3. The summed E-state index contributed by atoms with van der Waals surface area (Å²) in [6.45, 7) is 4.79. The lowest BCUT2D eigenvalue weighted by atomic mass is 9.78. The van der Waals surface area contributed by atoms with Crippen molar-refractivity contribution in [3.05, 3.63) is 205 Å². The zero-order valence-electron chi connectivity index (χ0n) is 33.8. The second-order valence-corrected chi connectivity index (χ2v) is 16.9. The van der Waals surface area contributed by atoms with Crippen molar-refractivity contribution in [1.29, 1.82) is 0 Å². The van der Waals surface area contributed by atoms with E-state index < -0.39 is 0 Å². The van der Waals surface area contributed by atoms with Gasteiger partial charge in [0.05, 0.1) is 11.0 Å². The molecule has 2 aliphatic carbocycles. The molecule has 1 aromatic heterocycles. The van der Waals surface area contributed by atoms with Gasteiger partial charge in [-0.25, -0.2) is 4.98 Å². The maximum Gasteiger partial charge on any atom is 0.145 e. The van der Waals surface area contributed by atoms with E-state index in [2.05, 4.69) is 213 Å². The number of rotatable bonds is 5. The number of hydrogen-bond donors (Lipinski definition) is 0. The minimum atomic E-state index is -0.141. The molecule has 0 spiro atoms. The highest BCUT2D eigenvalue weighted by atomic mass is 15.1. The van der Waals surface area contributed by atoms with Crippen LogP contribution in [0, 0.1) is 0 Å². The van der Waals surface area contributed by atoms with Crippen LogP contribution in [0.3, 0.4) is 0 Å². The molecule has 0 saturated heterocycles. The standard InChI is InChI=1S/C58H42N2/c1-58(2)50-26-14-13-25-47(50)56-43-22-10-9-21-42(43)49(36-51(56)58)55-45-24-12-11-23-44(45)54(38-17-5-3-6-18-38)46-34-33-40(35-48(46)55)37-29-31-39(32-30-37)57-59-52-27-15-16-28-53(52)60(57)41-19-7-4-8-20-41/h3-7,9-19,21-36H,8,20H2,1-2H3. The van der Waals surface area contributed by atoms with Crippen LogP contribution in [0.4, 0.5) is 0 Å². The second-order valence-electron chi connectivity index (χ2n) is 16.9. The maximum absolute atomic E-state index is 5.19. The van der Waals surface area contributed by atoms with Crippen molar-refractivity contribution in [2.75, 3.05) is 0 Å². The number of nitrogens with zero attached hydrogens (tertiary/aromatic N) is 2. The van der Waals surface area contributed by atoms with Gasteiger partial charge in [0.1, 0.15) is 5.82 Å². The van der Waals surface area contributed by atoms with E-state index in [-0.39, 0.29) is 5.41 Å². The molecule has 10 aromatic rings. The highest BCUT2D eigenvalue weighted by Crippen LogP contribution is 2.55. The number of para-hydroxylation sites is 2. The molecule has 0 N–H and O–H groups in total. The summed E-state index contributed by atoms with van der Waals surface area (Å²) in [6.07, 6.45) is 8.68. The van der Waals surface area contributed by atoms with Gasteiger partial charge in [-0.3, -0.25) is 4.57 Å². The van der Waals surface area contributed by atoms with E-state index in [0.29, 0.717) is 0 Å². The Bertz CT molecular complexity index is 3430. The van der Waals surface area contributed by atoms with Crippen molar-refractivity contribution in [1.82, 2.24) is 9.55 Å². The van der Waals surface area contributed by atoms with E-state index in [1.165, 1.54) is 93.6 Å². The average molecular weight is 767 g/mol. The SMILES string of the molecule is CC1(C)c2ccccc2-c2c1cc(-c1c3ccccc3c(-c3ccccc3)c3ccc(-c4ccc(-c5nc6ccccc6n5C5=CC=CCC5)cc4)cc13)c1ccccc21. The summed E-state index contributed by atoms with van der Waals surface area (Å²) in [7, 11) is 0. The molecule has 0 unspecified atom stereocenters. The van der Waals surface area contributed by atoms with Gasteiger partial charge in [-0.2, -0.15) is 0 Å². The fourth-order valence-corrected chi connectivity index (χ4v) is 10.4. The highest BCUT2D eigenvalue weighted by Gasteiger charge is 2.37. The van der Waals surface area contributed by atoms with Crippen LogP contribution < -0.4 is 0 Å². The number of aromatic nitrogens is 2. The van der Waals surface area contributed by atoms with Crippen LogP contribution in [0.15, 0.2) is 194 Å². The van der Waals surface area contributed by atoms with E-state index >= 15 is 0 Å². The van der Waals surface area contributed by atoms with Crippen molar-refractivity contribution in [3.63, 3.8) is 0 Å². The molecule has 0 amide bonds. The van der Waals surface area contributed by atoms with Crippen LogP contribution in [-0.4, -0.2) is 9.55 Å². The molecule has 284 valence electrons. The predicted octanol–water partition coefficient (Wildman–Crippen LogP) is 15.7. The first-order chi connectivity index (χ1) is 29.5. The Hall–Kier alpha value is -7.29. The van der Waals surface area contributed by atoms with Crippen LogP contribution in [0.1, 0.15) is 37.8 Å². The summed E-state index contributed by atoms with van der Waals surface area (Å²) >= 11 is 0. The second kappa shape index (κ2) is 13.4. The molecule has 1 heterocycles. The lowest BCUT2D eigenvalue weighted by molar-refractivity contribution is 0.661. The lowest BCUT2D eigenvalue weighted by Crippen LogP contribution is -2.15. The summed E-state index contributed by atoms with van der Waals surface area (Å²) in [4.78, 5) is 5.19. The summed E-state index contributed by atoms with van der Waals surface area (Å²) < 4.78 is 2.35. The first-order valence-corrected chi connectivity index (χ1v) is 21.2. The largest absolute Gasteiger partial charge is 0.296 e. The number of hydrogen-bond acceptors (Lipinski definition) is 1. The monoisotopic (exact) mass is 766 g/mol. The van der Waals surface area contributed by atoms with Gasteiger partial charge in [0.2, 0.25) is 0 Å². The van der Waals surface area contributed by atoms with Gasteiger partial charge in [-0.1, -0.05) is 178 Å². The van der Waals surface area contributed by atoms with Crippen LogP contribution in [-0.2, 0) is 5.41 Å². The van der Waals surface area contributed by atoms with Gasteiger partial charge >= 0.3 is 0 Å². The molecule has 9 aromatic carbocycles. The smallest absolute Gasteiger partial charge is 0.145 e. The Labute approximate surface area is 350 Å². The maximum atomic E-state index is 5.19. The van der Waals surface area contributed by atoms with Crippen LogP contribution >= 0.6 is 0 Å². The van der Waals surface area contributed by atoms with Crippen LogP contribution in [0.2, 0.25) is 0 Å². The average Bonchev–Trinajstić information content (AvgIpc) is 3.81. The van der Waals surface area contributed by atoms with Crippen LogP contribution in [0.5, 0.6) is 0 Å². The zero-order valence-corrected chi connectivity index (χ0v) is 33.8. The van der Waals surface area contributed by atoms with E-state index in [0.717, 1.165) is 35.3 Å². The fraction of sp³-hybridized carbons (Fsp3) is 0.0862. The Morgan fingerprint density at radius 3 is 1.88 bits per heavy atom. The molecule has 0 atom stereocenters. The van der Waals surface area contributed by atoms with Crippen molar-refractivity contribution in [2.24, 2.45) is 0 Å². The first-order valence-electron chi connectivity index (χ1n) is 21.2. The first kappa shape index (κ1) is 34.7. The molecule has 2 aliphatic rings. The third-order valence-electron chi connectivity index (χ3n) is 13.3. The normalized spacial score (nSPS) is 14.2. The summed E-state index contributed by atoms with van der Waals surface area (Å²) in [6, 6.07) is 65.3. The number of allylic oxidation sites excluding steroid dienone is 4. The van der Waals surface area contributed by atoms with E-state index in [1.54, 1.807) is 0 Å². The Kier molecular flexibility index (Phi) is 7.74. The Balaban J connectivity index is 1.10. The lowest BCUT2D eigenvalue weighted by Gasteiger charge is -2.24. The predicted molar refractivity (Wildman–Crippen MR) is 254 cm³/mol. The van der Waals surface area contributed by atoms with Gasteiger partial charge in [0, 0.05) is 16.7 Å². The summed E-state index contributed by atoms with van der Waals surface area (Å²) in [5.41, 5.74) is 17.3. The number of imidazole rings is 1. The molecular weight excluding hydrogens is 725 g/mol. The van der Waals surface area contributed by atoms with Crippen molar-refractivity contribution in [3.8, 4) is 55.9 Å². The quantitative estimate of drug-likeness (QED) is 0.160. The van der Waals surface area contributed by atoms with Gasteiger partial charge in [-0.15, -0.1) is 0 Å². The minimum Gasteiger partial charge on any atom is -0.296 e. The van der Waals surface area contributed by atoms with Gasteiger partial charge < -0.3 is 0 Å². The molecule has 0 aliphatic heterocycles. The molecule has 60 heavy (non-hydrogen) atoms. The molecule has 12 rings (SSSR count). The van der Waals surface area contributed by atoms with Crippen molar-refractivity contribution in [2.45, 2.75) is 32.1 Å². The molecule has 2 heteroatoms. The Morgan fingerprint density at radius 1 is 0.467 bits per heavy atom. The Morgan fingerprint density at radius 2 is 1.10 bits per heavy atom. The van der Waals surface area contributed by atoms with E-state index in [9.17, 15) is 0 Å². The molecule has 0 saturated carbocycles. The number of benzene rings is 9. The van der Waals surface area contributed by atoms with Gasteiger partial charge in [0.15, 0.2) is 0 Å². The molecule has 0 radical (unpaired) electrons. The van der Waals surface area contributed by atoms with Crippen molar-refractivity contribution >= 4 is 49.0 Å². The molecule has 2 nitrogen and oxygen atoms in total. The third kappa shape index (κ3) is 5.17. The van der Waals surface area contributed by atoms with Gasteiger partial charge in [0.25, 0.3) is 0 Å². The summed E-state index contributed by atoms with van der Waals surface area (Å²) in [5.74, 6) is 0.984. The summed E-state index contributed by atoms with van der Waals surface area (Å²) in [5, 5.41) is 7.63. The van der Waals surface area contributed by atoms with E-state index in [4.69, 9.17) is 4.98 Å². The van der Waals surface area contributed by atoms with Crippen molar-refractivity contribution < 1.29 is 0 Å². The van der Waals surface area contributed by atoms with Gasteiger partial charge in [-0.05, 0) is 131 Å². The molecular formula is C58H42N2. The van der Waals surface area contributed by atoms with Crippen LogP contribution in [0.25, 0.3) is 105 Å². The zero-order chi connectivity index (χ0) is 40.0. The topological polar surface area (TPSA) is 17.8 Å². The molecule has 0 fully saturated rings. The highest BCUT2D eigenvalue weighted by molar-refractivity contribution is 6.25. The minimum absolute atomic E-state index is 0.141. The fourth-order valence-electron chi connectivity index (χ4n) is 10.4. The van der Waals surface area contributed by atoms with E-state index in [1.807, 2.05) is 0 Å². The number of fused-ring (bicyclic) bond motifs is 8.